The third-order valence-electron chi connectivity index (χ3n) is 3.48. The van der Waals surface area contributed by atoms with Crippen LogP contribution >= 0.6 is 23.1 Å². The molecule has 0 saturated carbocycles. The lowest BCUT2D eigenvalue weighted by atomic mass is 10.2. The van der Waals surface area contributed by atoms with Crippen LogP contribution in [0.25, 0.3) is 0 Å². The maximum absolute atomic E-state index is 12.1. The van der Waals surface area contributed by atoms with Gasteiger partial charge in [-0.2, -0.15) is 0 Å². The van der Waals surface area contributed by atoms with Gasteiger partial charge in [0.25, 0.3) is 5.69 Å². The molecule has 0 atom stereocenters. The molecule has 0 aliphatic rings. The van der Waals surface area contributed by atoms with E-state index in [9.17, 15) is 23.3 Å². The van der Waals surface area contributed by atoms with Gasteiger partial charge in [0.1, 0.15) is 0 Å². The number of non-ortho nitro benzene ring substituents is 1. The number of anilines is 2. The second kappa shape index (κ2) is 9.98. The highest BCUT2D eigenvalue weighted by Gasteiger charge is 2.20. The number of carbonyl (C=O) groups excluding carboxylic acids is 1. The van der Waals surface area contributed by atoms with Gasteiger partial charge in [-0.25, -0.2) is 8.42 Å². The van der Waals surface area contributed by atoms with E-state index in [2.05, 4.69) is 15.5 Å². The fourth-order valence-corrected chi connectivity index (χ4v) is 5.27. The van der Waals surface area contributed by atoms with E-state index in [1.54, 1.807) is 11.8 Å². The summed E-state index contributed by atoms with van der Waals surface area (Å²) in [7, 11) is -3.67. The van der Waals surface area contributed by atoms with Gasteiger partial charge in [-0.3, -0.25) is 19.2 Å². The zero-order chi connectivity index (χ0) is 21.6. The van der Waals surface area contributed by atoms with E-state index in [4.69, 9.17) is 0 Å². The molecular formula is C16H21N5O5S3. The van der Waals surface area contributed by atoms with Gasteiger partial charge in [0, 0.05) is 30.3 Å². The number of thioether (sulfide) groups is 1. The minimum Gasteiger partial charge on any atom is -0.301 e. The number of hydrogen-bond acceptors (Lipinski definition) is 9. The van der Waals surface area contributed by atoms with Crippen LogP contribution < -0.4 is 9.62 Å². The highest BCUT2D eigenvalue weighted by molar-refractivity contribution is 8.01. The number of aromatic nitrogens is 2. The zero-order valence-corrected chi connectivity index (χ0v) is 18.5. The molecule has 10 nitrogen and oxygen atoms in total. The summed E-state index contributed by atoms with van der Waals surface area (Å²) in [5.74, 6) is -0.310. The van der Waals surface area contributed by atoms with Crippen LogP contribution in [0.1, 0.15) is 26.7 Å². The lowest BCUT2D eigenvalue weighted by Crippen LogP contribution is -2.31. The molecule has 29 heavy (non-hydrogen) atoms. The number of nitro benzene ring substituents is 1. The van der Waals surface area contributed by atoms with Crippen molar-refractivity contribution in [2.45, 2.75) is 36.3 Å². The Morgan fingerprint density at radius 3 is 2.72 bits per heavy atom. The molecule has 0 aliphatic carbocycles. The first-order valence-corrected chi connectivity index (χ1v) is 12.1. The number of hydrogen-bond donors (Lipinski definition) is 1. The summed E-state index contributed by atoms with van der Waals surface area (Å²) in [4.78, 5) is 22.5. The highest BCUT2D eigenvalue weighted by atomic mass is 32.2. The van der Waals surface area contributed by atoms with Gasteiger partial charge >= 0.3 is 0 Å². The number of carbonyl (C=O) groups is 1. The van der Waals surface area contributed by atoms with Crippen molar-refractivity contribution in [3.8, 4) is 0 Å². The summed E-state index contributed by atoms with van der Waals surface area (Å²) in [6.45, 7) is 4.07. The predicted octanol–water partition coefficient (Wildman–Crippen LogP) is 3.13. The van der Waals surface area contributed by atoms with Crippen LogP contribution in [0.5, 0.6) is 0 Å². The Labute approximate surface area is 176 Å². The Morgan fingerprint density at radius 2 is 2.10 bits per heavy atom. The highest BCUT2D eigenvalue weighted by Crippen LogP contribution is 2.28. The molecule has 1 aromatic heterocycles. The number of rotatable bonds is 10. The first-order chi connectivity index (χ1) is 13.6. The Morgan fingerprint density at radius 1 is 1.38 bits per heavy atom. The molecule has 1 N–H and O–H groups in total. The smallest absolute Gasteiger partial charge is 0.271 e. The van der Waals surface area contributed by atoms with E-state index < -0.39 is 14.9 Å². The molecule has 0 unspecified atom stereocenters. The van der Waals surface area contributed by atoms with E-state index >= 15 is 0 Å². The number of nitrogens with zero attached hydrogens (tertiary/aromatic N) is 4. The van der Waals surface area contributed by atoms with Crippen molar-refractivity contribution in [1.29, 1.82) is 0 Å². The number of amides is 1. The summed E-state index contributed by atoms with van der Waals surface area (Å²) in [5.41, 5.74) is -0.0261. The van der Waals surface area contributed by atoms with E-state index in [0.29, 0.717) is 10.4 Å². The van der Waals surface area contributed by atoms with E-state index in [-0.39, 0.29) is 36.7 Å². The molecule has 0 spiro atoms. The minimum absolute atomic E-state index is 0.0119. The molecule has 0 aliphatic heterocycles. The monoisotopic (exact) mass is 459 g/mol. The summed E-state index contributed by atoms with van der Waals surface area (Å²) in [6.07, 6.45) is 1.31. The number of benzene rings is 1. The van der Waals surface area contributed by atoms with Crippen molar-refractivity contribution in [3.63, 3.8) is 0 Å². The van der Waals surface area contributed by atoms with Crippen LogP contribution in [0.15, 0.2) is 28.6 Å². The van der Waals surface area contributed by atoms with Crippen molar-refractivity contribution in [1.82, 2.24) is 10.2 Å². The first kappa shape index (κ1) is 23.0. The maximum Gasteiger partial charge on any atom is 0.271 e. The third-order valence-corrected chi connectivity index (χ3v) is 6.60. The summed E-state index contributed by atoms with van der Waals surface area (Å²) >= 11 is 2.82. The summed E-state index contributed by atoms with van der Waals surface area (Å²) in [5, 5.41) is 22.2. The molecule has 1 heterocycles. The van der Waals surface area contributed by atoms with Crippen molar-refractivity contribution >= 4 is 55.5 Å². The average molecular weight is 460 g/mol. The van der Waals surface area contributed by atoms with Crippen LogP contribution in [0.4, 0.5) is 16.5 Å². The van der Waals surface area contributed by atoms with Crippen molar-refractivity contribution in [3.05, 3.63) is 34.4 Å². The molecule has 0 fully saturated rings. The van der Waals surface area contributed by atoms with Crippen LogP contribution in [0, 0.1) is 10.1 Å². The van der Waals surface area contributed by atoms with Gasteiger partial charge in [-0.15, -0.1) is 10.2 Å². The lowest BCUT2D eigenvalue weighted by Gasteiger charge is -2.22. The Bertz CT molecular complexity index is 977. The minimum atomic E-state index is -3.67. The Balaban J connectivity index is 1.96. The molecule has 0 bridgehead atoms. The largest absolute Gasteiger partial charge is 0.301 e. The van der Waals surface area contributed by atoms with Gasteiger partial charge < -0.3 is 5.32 Å². The molecule has 1 aromatic carbocycles. The van der Waals surface area contributed by atoms with E-state index in [1.807, 2.05) is 13.8 Å². The number of nitrogens with one attached hydrogen (secondary N) is 1. The standard InChI is InChI=1S/C16H21N5O5S3/c1-11(2)27-16-19-18-15(28-16)17-14(22)8-5-9-20(29(3,25)26)12-6-4-7-13(10-12)21(23)24/h4,6-7,10-11H,5,8-9H2,1-3H3,(H,17,18,22). The molecule has 2 aromatic rings. The van der Waals surface area contributed by atoms with Crippen LogP contribution in [-0.2, 0) is 14.8 Å². The Kier molecular flexibility index (Phi) is 7.93. The molecule has 13 heteroatoms. The first-order valence-electron chi connectivity index (χ1n) is 8.58. The van der Waals surface area contributed by atoms with E-state index in [1.165, 1.54) is 35.6 Å². The zero-order valence-electron chi connectivity index (χ0n) is 16.1. The molecular weight excluding hydrogens is 438 g/mol. The topological polar surface area (TPSA) is 135 Å². The summed E-state index contributed by atoms with van der Waals surface area (Å²) < 4.78 is 26.0. The number of sulfonamides is 1. The van der Waals surface area contributed by atoms with Crippen molar-refractivity contribution < 1.29 is 18.1 Å². The van der Waals surface area contributed by atoms with Crippen LogP contribution in [-0.4, -0.2) is 47.5 Å². The molecule has 158 valence electrons. The molecule has 0 radical (unpaired) electrons. The second-order valence-electron chi connectivity index (χ2n) is 6.30. The number of nitro groups is 1. The predicted molar refractivity (Wildman–Crippen MR) is 114 cm³/mol. The van der Waals surface area contributed by atoms with Crippen LogP contribution in [0.2, 0.25) is 0 Å². The van der Waals surface area contributed by atoms with Gasteiger partial charge in [0.15, 0.2) is 4.34 Å². The quantitative estimate of drug-likeness (QED) is 0.248. The molecule has 1 amide bonds. The average Bonchev–Trinajstić information content (AvgIpc) is 3.03. The van der Waals surface area contributed by atoms with Gasteiger partial charge in [0.05, 0.1) is 16.9 Å². The second-order valence-corrected chi connectivity index (χ2v) is 11.0. The van der Waals surface area contributed by atoms with Crippen molar-refractivity contribution in [2.75, 3.05) is 22.4 Å². The van der Waals surface area contributed by atoms with E-state index in [0.717, 1.165) is 14.9 Å². The van der Waals surface area contributed by atoms with Crippen molar-refractivity contribution in [2.24, 2.45) is 0 Å². The van der Waals surface area contributed by atoms with Gasteiger partial charge in [-0.1, -0.05) is 43.0 Å². The normalized spacial score (nSPS) is 11.4. The van der Waals surface area contributed by atoms with Gasteiger partial charge in [-0.05, 0) is 12.5 Å². The van der Waals surface area contributed by atoms with Gasteiger partial charge in [0.2, 0.25) is 21.1 Å². The summed E-state index contributed by atoms with van der Waals surface area (Å²) in [6, 6.07) is 5.37. The molecule has 2 rings (SSSR count). The van der Waals surface area contributed by atoms with Crippen LogP contribution in [0.3, 0.4) is 0 Å². The third kappa shape index (κ3) is 7.25. The SMILES string of the molecule is CC(C)Sc1nnc(NC(=O)CCCN(c2cccc([N+](=O)[O-])c2)S(C)(=O)=O)s1. The fraction of sp³-hybridized carbons (Fsp3) is 0.438. The molecule has 0 saturated heterocycles. The Hall–Kier alpha value is -2.25. The maximum atomic E-state index is 12.1. The fourth-order valence-electron chi connectivity index (χ4n) is 2.32. The lowest BCUT2D eigenvalue weighted by molar-refractivity contribution is -0.384.